The molecule has 1 aromatic carbocycles. The lowest BCUT2D eigenvalue weighted by Gasteiger charge is -2.31. The Hall–Kier alpha value is -1.09. The van der Waals surface area contributed by atoms with Crippen molar-refractivity contribution < 1.29 is 9.50 Å². The van der Waals surface area contributed by atoms with E-state index in [-0.39, 0.29) is 23.0 Å². The van der Waals surface area contributed by atoms with E-state index < -0.39 is 0 Å². The average Bonchev–Trinajstić information content (AvgIpc) is 2.18. The topological polar surface area (TPSA) is 23.5 Å². The van der Waals surface area contributed by atoms with Crippen LogP contribution in [-0.2, 0) is 0 Å². The van der Waals surface area contributed by atoms with Gasteiger partial charge in [-0.25, -0.2) is 4.39 Å². The van der Waals surface area contributed by atoms with Gasteiger partial charge in [0.1, 0.15) is 11.6 Å². The lowest BCUT2D eigenvalue weighted by Crippen LogP contribution is -2.31. The Kier molecular flexibility index (Phi) is 4.15. The first-order chi connectivity index (χ1) is 7.70. The molecule has 0 aliphatic heterocycles. The molecule has 0 radical (unpaired) electrons. The molecule has 3 heteroatoms. The molecule has 1 rings (SSSR count). The van der Waals surface area contributed by atoms with Crippen LogP contribution in [0.4, 0.5) is 4.39 Å². The molecular weight excluding hydrogens is 217 g/mol. The van der Waals surface area contributed by atoms with Crippen molar-refractivity contribution in [2.75, 3.05) is 13.6 Å². The maximum Gasteiger partial charge on any atom is 0.123 e. The van der Waals surface area contributed by atoms with Gasteiger partial charge in [-0.05, 0) is 37.6 Å². The van der Waals surface area contributed by atoms with Crippen LogP contribution < -0.4 is 0 Å². The molecule has 1 atom stereocenters. The number of rotatable bonds is 3. The molecule has 0 saturated heterocycles. The minimum Gasteiger partial charge on any atom is -0.508 e. The van der Waals surface area contributed by atoms with Gasteiger partial charge in [-0.2, -0.15) is 0 Å². The van der Waals surface area contributed by atoms with E-state index in [1.54, 1.807) is 0 Å². The number of nitrogens with zero attached hydrogens (tertiary/aromatic N) is 1. The molecule has 1 N–H and O–H groups in total. The second kappa shape index (κ2) is 5.05. The van der Waals surface area contributed by atoms with E-state index in [0.717, 1.165) is 6.54 Å². The van der Waals surface area contributed by atoms with Crippen LogP contribution in [-0.4, -0.2) is 23.6 Å². The molecule has 17 heavy (non-hydrogen) atoms. The first-order valence-electron chi connectivity index (χ1n) is 5.89. The lowest BCUT2D eigenvalue weighted by atomic mass is 9.94. The minimum absolute atomic E-state index is 0.00933. The zero-order chi connectivity index (χ0) is 13.2. The van der Waals surface area contributed by atoms with Gasteiger partial charge in [-0.1, -0.05) is 20.8 Å². The Bertz CT molecular complexity index is 384. The molecule has 0 saturated carbocycles. The van der Waals surface area contributed by atoms with Crippen molar-refractivity contribution in [1.82, 2.24) is 4.90 Å². The highest BCUT2D eigenvalue weighted by Crippen LogP contribution is 2.30. The summed E-state index contributed by atoms with van der Waals surface area (Å²) in [4.78, 5) is 2.12. The van der Waals surface area contributed by atoms with E-state index in [4.69, 9.17) is 0 Å². The van der Waals surface area contributed by atoms with E-state index in [2.05, 4.69) is 25.7 Å². The van der Waals surface area contributed by atoms with Gasteiger partial charge in [0.25, 0.3) is 0 Å². The molecule has 0 aliphatic carbocycles. The zero-order valence-corrected chi connectivity index (χ0v) is 11.3. The number of hydrogen-bond donors (Lipinski definition) is 1. The van der Waals surface area contributed by atoms with Crippen LogP contribution in [0.2, 0.25) is 0 Å². The van der Waals surface area contributed by atoms with E-state index in [1.165, 1.54) is 18.2 Å². The summed E-state index contributed by atoms with van der Waals surface area (Å²) in [5.74, 6) is -0.159. The van der Waals surface area contributed by atoms with E-state index in [1.807, 2.05) is 14.0 Å². The summed E-state index contributed by atoms with van der Waals surface area (Å²) in [6, 6.07) is 4.07. The number of hydrogen-bond acceptors (Lipinski definition) is 2. The van der Waals surface area contributed by atoms with Crippen molar-refractivity contribution in [3.8, 4) is 5.75 Å². The van der Waals surface area contributed by atoms with Crippen molar-refractivity contribution in [1.29, 1.82) is 0 Å². The van der Waals surface area contributed by atoms with Crippen LogP contribution in [0.3, 0.4) is 0 Å². The fourth-order valence-corrected chi connectivity index (χ4v) is 1.98. The Morgan fingerprint density at radius 2 is 1.94 bits per heavy atom. The first-order valence-corrected chi connectivity index (χ1v) is 5.89. The van der Waals surface area contributed by atoms with Crippen molar-refractivity contribution in [2.24, 2.45) is 5.41 Å². The standard InChI is InChI=1S/C14H22FNO/c1-10(16(5)9-14(2,3)4)12-8-11(15)6-7-13(12)17/h6-8,10,17H,9H2,1-5H3. The monoisotopic (exact) mass is 239 g/mol. The minimum atomic E-state index is -0.311. The molecule has 1 aromatic rings. The number of phenolic OH excluding ortho intramolecular Hbond substituents is 1. The maximum atomic E-state index is 13.2. The molecule has 0 amide bonds. The summed E-state index contributed by atoms with van der Waals surface area (Å²) >= 11 is 0. The molecule has 0 heterocycles. The SMILES string of the molecule is CC(c1cc(F)ccc1O)N(C)CC(C)(C)C. The predicted octanol–water partition coefficient (Wildman–Crippen LogP) is 3.57. The van der Waals surface area contributed by atoms with Gasteiger partial charge in [-0.3, -0.25) is 4.90 Å². The second-order valence-electron chi connectivity index (χ2n) is 5.85. The first kappa shape index (κ1) is 14.0. The van der Waals surface area contributed by atoms with Crippen LogP contribution in [0.25, 0.3) is 0 Å². The molecule has 0 fully saturated rings. The molecule has 0 aliphatic rings. The number of phenols is 1. The summed E-state index contributed by atoms with van der Waals surface area (Å²) in [5.41, 5.74) is 0.808. The van der Waals surface area contributed by atoms with Crippen LogP contribution in [0.5, 0.6) is 5.75 Å². The highest BCUT2D eigenvalue weighted by molar-refractivity contribution is 5.34. The van der Waals surface area contributed by atoms with Gasteiger partial charge in [-0.15, -0.1) is 0 Å². The quantitative estimate of drug-likeness (QED) is 0.871. The van der Waals surface area contributed by atoms with E-state index in [0.29, 0.717) is 5.56 Å². The Labute approximate surface area is 103 Å². The van der Waals surface area contributed by atoms with Gasteiger partial charge in [0.2, 0.25) is 0 Å². The molecule has 0 bridgehead atoms. The van der Waals surface area contributed by atoms with Gasteiger partial charge in [0, 0.05) is 18.2 Å². The van der Waals surface area contributed by atoms with Crippen LogP contribution in [0.1, 0.15) is 39.3 Å². The molecule has 96 valence electrons. The van der Waals surface area contributed by atoms with Crippen molar-refractivity contribution in [2.45, 2.75) is 33.7 Å². The smallest absolute Gasteiger partial charge is 0.123 e. The molecule has 1 unspecified atom stereocenters. The lowest BCUT2D eigenvalue weighted by molar-refractivity contribution is 0.179. The Morgan fingerprint density at radius 1 is 1.35 bits per heavy atom. The second-order valence-corrected chi connectivity index (χ2v) is 5.85. The van der Waals surface area contributed by atoms with Crippen LogP contribution in [0.15, 0.2) is 18.2 Å². The zero-order valence-electron chi connectivity index (χ0n) is 11.3. The number of halogens is 1. The largest absolute Gasteiger partial charge is 0.508 e. The fourth-order valence-electron chi connectivity index (χ4n) is 1.98. The molecule has 0 spiro atoms. The average molecular weight is 239 g/mol. The third-order valence-electron chi connectivity index (χ3n) is 2.82. The normalized spacial score (nSPS) is 14.1. The summed E-state index contributed by atoms with van der Waals surface area (Å²) in [6.45, 7) is 9.31. The van der Waals surface area contributed by atoms with Crippen molar-refractivity contribution in [3.63, 3.8) is 0 Å². The number of benzene rings is 1. The van der Waals surface area contributed by atoms with E-state index >= 15 is 0 Å². The Morgan fingerprint density at radius 3 is 2.47 bits per heavy atom. The molecule has 0 aromatic heterocycles. The van der Waals surface area contributed by atoms with Crippen LogP contribution in [0, 0.1) is 11.2 Å². The molecular formula is C14H22FNO. The van der Waals surface area contributed by atoms with Crippen molar-refractivity contribution >= 4 is 0 Å². The van der Waals surface area contributed by atoms with Crippen molar-refractivity contribution in [3.05, 3.63) is 29.6 Å². The highest BCUT2D eigenvalue weighted by atomic mass is 19.1. The van der Waals surface area contributed by atoms with Gasteiger partial charge in [0.05, 0.1) is 0 Å². The maximum absolute atomic E-state index is 13.2. The summed E-state index contributed by atoms with van der Waals surface area (Å²) < 4.78 is 13.2. The highest BCUT2D eigenvalue weighted by Gasteiger charge is 2.20. The van der Waals surface area contributed by atoms with Crippen LogP contribution >= 0.6 is 0 Å². The number of aromatic hydroxyl groups is 1. The van der Waals surface area contributed by atoms with Gasteiger partial charge >= 0.3 is 0 Å². The summed E-state index contributed by atoms with van der Waals surface area (Å²) in [5, 5.41) is 9.76. The predicted molar refractivity (Wildman–Crippen MR) is 68.6 cm³/mol. The molecule has 2 nitrogen and oxygen atoms in total. The summed E-state index contributed by atoms with van der Waals surface area (Å²) in [6.07, 6.45) is 0. The third-order valence-corrected chi connectivity index (χ3v) is 2.82. The summed E-state index contributed by atoms with van der Waals surface area (Å²) in [7, 11) is 1.99. The van der Waals surface area contributed by atoms with Gasteiger partial charge in [0.15, 0.2) is 0 Å². The van der Waals surface area contributed by atoms with Gasteiger partial charge < -0.3 is 5.11 Å². The Balaban J connectivity index is 2.88. The fraction of sp³-hybridized carbons (Fsp3) is 0.571. The van der Waals surface area contributed by atoms with E-state index in [9.17, 15) is 9.50 Å². The third kappa shape index (κ3) is 4.00.